The lowest BCUT2D eigenvalue weighted by atomic mass is 10.0. The summed E-state index contributed by atoms with van der Waals surface area (Å²) in [5.74, 6) is 1.07. The summed E-state index contributed by atoms with van der Waals surface area (Å²) in [5, 5.41) is 15.6. The smallest absolute Gasteiger partial charge is 0.247 e. The van der Waals surface area contributed by atoms with Crippen molar-refractivity contribution in [2.45, 2.75) is 45.3 Å². The molecule has 12 nitrogen and oxygen atoms in total. The Morgan fingerprint density at radius 3 is 2.09 bits per heavy atom. The van der Waals surface area contributed by atoms with Gasteiger partial charge in [-0.3, -0.25) is 9.59 Å². The number of aromatic nitrogens is 4. The number of benzene rings is 3. The Hall–Kier alpha value is -5.20. The normalized spacial score (nSPS) is 11.8. The third kappa shape index (κ3) is 8.29. The molecule has 0 aliphatic heterocycles. The average Bonchev–Trinajstić information content (AvgIpc) is 3.50. The van der Waals surface area contributed by atoms with Crippen LogP contribution in [-0.2, 0) is 22.6 Å². The zero-order valence-electron chi connectivity index (χ0n) is 27.0. The van der Waals surface area contributed by atoms with Crippen molar-refractivity contribution in [2.75, 3.05) is 35.0 Å². The lowest BCUT2D eigenvalue weighted by Crippen LogP contribution is -2.50. The minimum Gasteiger partial charge on any atom is -0.493 e. The van der Waals surface area contributed by atoms with Gasteiger partial charge in [0.15, 0.2) is 23.0 Å². The number of carbonyl (C=O) groups excluding carboxylic acids is 2. The third-order valence-corrected chi connectivity index (χ3v) is 7.02. The summed E-state index contributed by atoms with van der Waals surface area (Å²) >= 11 is 0. The van der Waals surface area contributed by atoms with E-state index >= 15 is 0 Å². The van der Waals surface area contributed by atoms with Crippen molar-refractivity contribution in [2.24, 2.45) is 0 Å². The molecule has 0 aliphatic carbocycles. The zero-order valence-corrected chi connectivity index (χ0v) is 27.0. The van der Waals surface area contributed by atoms with E-state index in [9.17, 15) is 14.0 Å². The van der Waals surface area contributed by atoms with Gasteiger partial charge in [-0.15, -0.1) is 10.2 Å². The summed E-state index contributed by atoms with van der Waals surface area (Å²) in [6.45, 7) is 5.35. The number of hydrogen-bond acceptors (Lipinski definition) is 9. The van der Waals surface area contributed by atoms with Gasteiger partial charge in [0.2, 0.25) is 17.6 Å². The summed E-state index contributed by atoms with van der Waals surface area (Å²) in [5.41, 5.74) is 1.30. The molecule has 0 aliphatic rings. The number of nitrogens with zero attached hydrogens (tertiary/aromatic N) is 5. The topological polar surface area (TPSA) is 130 Å². The first-order valence-corrected chi connectivity index (χ1v) is 14.5. The molecule has 244 valence electrons. The molecule has 46 heavy (non-hydrogen) atoms. The molecule has 1 N–H and O–H groups in total. The van der Waals surface area contributed by atoms with Crippen molar-refractivity contribution >= 4 is 11.8 Å². The molecule has 1 atom stereocenters. The molecule has 4 rings (SSSR count). The van der Waals surface area contributed by atoms with Gasteiger partial charge in [0, 0.05) is 17.6 Å². The van der Waals surface area contributed by atoms with E-state index in [1.54, 1.807) is 38.5 Å². The van der Waals surface area contributed by atoms with Crippen molar-refractivity contribution in [1.29, 1.82) is 0 Å². The fourth-order valence-electron chi connectivity index (χ4n) is 4.85. The van der Waals surface area contributed by atoms with Gasteiger partial charge in [0.25, 0.3) is 0 Å². The molecule has 0 fully saturated rings. The molecule has 0 bridgehead atoms. The number of amides is 2. The molecule has 2 amide bonds. The highest BCUT2D eigenvalue weighted by molar-refractivity contribution is 5.89. The number of tetrazole rings is 1. The van der Waals surface area contributed by atoms with Crippen LogP contribution in [0.4, 0.5) is 4.39 Å². The minimum absolute atomic E-state index is 0.130. The highest BCUT2D eigenvalue weighted by Gasteiger charge is 2.33. The summed E-state index contributed by atoms with van der Waals surface area (Å²) in [7, 11) is 6.15. The van der Waals surface area contributed by atoms with Crippen molar-refractivity contribution in [3.8, 4) is 34.4 Å². The third-order valence-electron chi connectivity index (χ3n) is 7.02. The van der Waals surface area contributed by atoms with E-state index in [2.05, 4.69) is 20.7 Å². The first-order valence-electron chi connectivity index (χ1n) is 14.5. The Kier molecular flexibility index (Phi) is 10.8. The average molecular weight is 635 g/mol. The molecule has 0 saturated carbocycles. The maximum Gasteiger partial charge on any atom is 0.247 e. The lowest BCUT2D eigenvalue weighted by molar-refractivity contribution is -0.142. The molecule has 4 aromatic rings. The van der Waals surface area contributed by atoms with Crippen molar-refractivity contribution in [3.05, 3.63) is 77.6 Å². The monoisotopic (exact) mass is 634 g/mol. The summed E-state index contributed by atoms with van der Waals surface area (Å²) < 4.78 is 35.4. The Morgan fingerprint density at radius 2 is 1.48 bits per heavy atom. The first kappa shape index (κ1) is 33.7. The summed E-state index contributed by atoms with van der Waals surface area (Å²) in [6.07, 6.45) is 0.369. The predicted molar refractivity (Wildman–Crippen MR) is 168 cm³/mol. The molecule has 3 aromatic carbocycles. The molecule has 0 saturated heterocycles. The number of rotatable bonds is 13. The van der Waals surface area contributed by atoms with Crippen LogP contribution in [0.2, 0.25) is 0 Å². The first-order chi connectivity index (χ1) is 22.0. The van der Waals surface area contributed by atoms with Gasteiger partial charge >= 0.3 is 0 Å². The maximum atomic E-state index is 14.1. The van der Waals surface area contributed by atoms with Crippen LogP contribution in [0.15, 0.2) is 60.7 Å². The van der Waals surface area contributed by atoms with Crippen molar-refractivity contribution in [1.82, 2.24) is 30.4 Å². The van der Waals surface area contributed by atoms with Crippen molar-refractivity contribution < 1.29 is 32.9 Å². The van der Waals surface area contributed by atoms with Gasteiger partial charge < -0.3 is 29.2 Å². The molecular weight excluding hydrogens is 595 g/mol. The van der Waals surface area contributed by atoms with Crippen LogP contribution in [-0.4, -0.2) is 77.4 Å². The minimum atomic E-state index is -1.08. The standard InChI is InChI=1S/C33H39FN6O6/c1-33(2,3)35-32(42)30(22-9-12-24(34)13-10-22)39(17-16-21-8-14-25(43-4)27(18-21)45-6)29(41)20-40-37-31(36-38-40)23-11-15-26(44-5)28(19-23)46-7/h8-15,18-19,30H,16-17,20H2,1-7H3,(H,35,42)/t30-/m1/s1. The van der Waals surface area contributed by atoms with E-state index in [1.807, 2.05) is 32.9 Å². The van der Waals surface area contributed by atoms with Crippen LogP contribution < -0.4 is 24.3 Å². The Balaban J connectivity index is 1.69. The largest absolute Gasteiger partial charge is 0.493 e. The Bertz CT molecular complexity index is 1650. The fourth-order valence-corrected chi connectivity index (χ4v) is 4.85. The summed E-state index contributed by atoms with van der Waals surface area (Å²) in [4.78, 5) is 30.5. The van der Waals surface area contributed by atoms with E-state index in [1.165, 1.54) is 48.2 Å². The van der Waals surface area contributed by atoms with E-state index in [4.69, 9.17) is 18.9 Å². The second-order valence-electron chi connectivity index (χ2n) is 11.4. The van der Waals surface area contributed by atoms with Crippen LogP contribution in [0.3, 0.4) is 0 Å². The van der Waals surface area contributed by atoms with Crippen LogP contribution in [0.5, 0.6) is 23.0 Å². The number of ether oxygens (including phenoxy) is 4. The van der Waals surface area contributed by atoms with Gasteiger partial charge in [-0.2, -0.15) is 4.80 Å². The number of methoxy groups -OCH3 is 4. The number of halogens is 1. The highest BCUT2D eigenvalue weighted by Crippen LogP contribution is 2.31. The SMILES string of the molecule is COc1ccc(CCN(C(=O)Cn2nnc(-c3ccc(OC)c(OC)c3)n2)[C@@H](C(=O)NC(C)(C)C)c2ccc(F)cc2)cc1OC. The second-order valence-corrected chi connectivity index (χ2v) is 11.4. The fraction of sp³-hybridized carbons (Fsp3) is 0.364. The van der Waals surface area contributed by atoms with E-state index < -0.39 is 29.2 Å². The summed E-state index contributed by atoms with van der Waals surface area (Å²) in [6, 6.07) is 15.1. The quantitative estimate of drug-likeness (QED) is 0.230. The molecule has 1 heterocycles. The second kappa shape index (κ2) is 14.7. The van der Waals surface area contributed by atoms with Gasteiger partial charge in [-0.25, -0.2) is 4.39 Å². The van der Waals surface area contributed by atoms with Gasteiger partial charge in [-0.05, 0) is 86.0 Å². The predicted octanol–water partition coefficient (Wildman–Crippen LogP) is 4.24. The van der Waals surface area contributed by atoms with Crippen LogP contribution in [0.1, 0.15) is 37.9 Å². The molecule has 0 unspecified atom stereocenters. The Labute approximate surface area is 267 Å². The maximum absolute atomic E-state index is 14.1. The molecule has 13 heteroatoms. The van der Waals surface area contributed by atoms with Gasteiger partial charge in [0.1, 0.15) is 18.4 Å². The van der Waals surface area contributed by atoms with Crippen LogP contribution in [0.25, 0.3) is 11.4 Å². The molecule has 1 aromatic heterocycles. The van der Waals surface area contributed by atoms with E-state index in [0.29, 0.717) is 40.5 Å². The Morgan fingerprint density at radius 1 is 0.870 bits per heavy atom. The zero-order chi connectivity index (χ0) is 33.4. The molecule has 0 radical (unpaired) electrons. The van der Waals surface area contributed by atoms with Crippen molar-refractivity contribution in [3.63, 3.8) is 0 Å². The number of hydrogen-bond donors (Lipinski definition) is 1. The highest BCUT2D eigenvalue weighted by atomic mass is 19.1. The van der Waals surface area contributed by atoms with Crippen LogP contribution >= 0.6 is 0 Å². The van der Waals surface area contributed by atoms with Gasteiger partial charge in [-0.1, -0.05) is 18.2 Å². The number of nitrogens with one attached hydrogen (secondary N) is 1. The van der Waals surface area contributed by atoms with E-state index in [-0.39, 0.29) is 18.9 Å². The molecule has 0 spiro atoms. The lowest BCUT2D eigenvalue weighted by Gasteiger charge is -2.33. The molecular formula is C33H39FN6O6. The number of carbonyl (C=O) groups is 2. The van der Waals surface area contributed by atoms with E-state index in [0.717, 1.165) is 5.56 Å². The van der Waals surface area contributed by atoms with Gasteiger partial charge in [0.05, 0.1) is 28.4 Å². The van der Waals surface area contributed by atoms with Crippen LogP contribution in [0, 0.1) is 5.82 Å².